The lowest BCUT2D eigenvalue weighted by atomic mass is 9.75. The highest BCUT2D eigenvalue weighted by Gasteiger charge is 2.49. The van der Waals surface area contributed by atoms with Crippen LogP contribution in [0.3, 0.4) is 0 Å². The lowest BCUT2D eigenvalue weighted by molar-refractivity contribution is -0.891. The van der Waals surface area contributed by atoms with Crippen molar-refractivity contribution >= 4 is 28.7 Å². The molecular formula is C33H53N4O4+. The summed E-state index contributed by atoms with van der Waals surface area (Å²) >= 11 is 0. The molecule has 2 rings (SSSR count). The number of amides is 2. The number of fused-ring (bicyclic) bond motifs is 1. The van der Waals surface area contributed by atoms with Crippen molar-refractivity contribution in [3.05, 3.63) is 47.7 Å². The predicted molar refractivity (Wildman–Crippen MR) is 166 cm³/mol. The van der Waals surface area contributed by atoms with E-state index >= 15 is 0 Å². The van der Waals surface area contributed by atoms with Gasteiger partial charge in [-0.2, -0.15) is 0 Å². The van der Waals surface area contributed by atoms with E-state index in [1.54, 1.807) is 24.9 Å². The van der Waals surface area contributed by atoms with E-state index in [-0.39, 0.29) is 23.8 Å². The molecule has 0 aliphatic heterocycles. The molecule has 228 valence electrons. The second kappa shape index (κ2) is 12.4. The van der Waals surface area contributed by atoms with Crippen LogP contribution < -0.4 is 5.32 Å². The molecule has 2 aromatic rings. The predicted octanol–water partition coefficient (Wildman–Crippen LogP) is 4.66. The number of ether oxygens (including phenoxy) is 1. The van der Waals surface area contributed by atoms with Gasteiger partial charge >= 0.3 is 5.97 Å². The number of rotatable bonds is 10. The van der Waals surface area contributed by atoms with Crippen LogP contribution in [-0.2, 0) is 31.6 Å². The molecule has 0 radical (unpaired) electrons. The van der Waals surface area contributed by atoms with E-state index in [2.05, 4.69) is 42.1 Å². The highest BCUT2D eigenvalue weighted by Crippen LogP contribution is 2.38. The van der Waals surface area contributed by atoms with Crippen LogP contribution in [0.1, 0.15) is 61.0 Å². The summed E-state index contributed by atoms with van der Waals surface area (Å²) < 4.78 is 7.35. The van der Waals surface area contributed by atoms with E-state index < -0.39 is 28.9 Å². The smallest absolute Gasteiger partial charge is 0.333 e. The van der Waals surface area contributed by atoms with Crippen LogP contribution in [0, 0.1) is 11.3 Å². The van der Waals surface area contributed by atoms with E-state index in [1.165, 1.54) is 7.11 Å². The van der Waals surface area contributed by atoms with Gasteiger partial charge in [0.05, 0.1) is 39.7 Å². The average molecular weight is 570 g/mol. The summed E-state index contributed by atoms with van der Waals surface area (Å²) in [5.41, 5.74) is 1.49. The van der Waals surface area contributed by atoms with E-state index in [1.807, 2.05) is 74.9 Å². The summed E-state index contributed by atoms with van der Waals surface area (Å²) in [5, 5.41) is 4.30. The molecule has 3 atom stereocenters. The summed E-state index contributed by atoms with van der Waals surface area (Å²) in [7, 11) is 11.2. The van der Waals surface area contributed by atoms with Gasteiger partial charge in [-0.3, -0.25) is 9.59 Å². The van der Waals surface area contributed by atoms with Crippen molar-refractivity contribution in [3.63, 3.8) is 0 Å². The van der Waals surface area contributed by atoms with E-state index in [4.69, 9.17) is 4.74 Å². The molecule has 1 N–H and O–H groups in total. The van der Waals surface area contributed by atoms with Gasteiger partial charge in [-0.25, -0.2) is 4.79 Å². The number of esters is 1. The summed E-state index contributed by atoms with van der Waals surface area (Å²) in [6.45, 7) is 15.8. The number of quaternary nitrogens is 1. The van der Waals surface area contributed by atoms with Gasteiger partial charge in [0.1, 0.15) is 6.04 Å². The SMILES string of the molecule is COC(=O)/C(C)=C/[C@H](C(C)C)N(C)C(=O)[C@@H](NC(=O)C(C(C)(C)c1cn(C)c2ccccc12)[N+](C)(C)C)C(C)(C)C. The number of carbonyl (C=O) groups excluding carboxylic acids is 3. The first kappa shape index (κ1) is 34.1. The molecule has 0 spiro atoms. The molecule has 8 nitrogen and oxygen atoms in total. The summed E-state index contributed by atoms with van der Waals surface area (Å²) in [5.74, 6) is -0.788. The number of likely N-dealkylation sites (N-methyl/N-ethyl adjacent to an activating group) is 2. The topological polar surface area (TPSA) is 80.6 Å². The van der Waals surface area contributed by atoms with E-state index in [0.29, 0.717) is 10.1 Å². The van der Waals surface area contributed by atoms with Gasteiger partial charge in [-0.1, -0.05) is 58.9 Å². The molecule has 1 aromatic heterocycles. The molecule has 8 heteroatoms. The molecule has 1 unspecified atom stereocenters. The Labute approximate surface area is 247 Å². The van der Waals surface area contributed by atoms with Crippen LogP contribution in [0.2, 0.25) is 0 Å². The standard InChI is InChI=1S/C33H52N4O4/c1-21(2)26(19-22(3)31(40)41-14)36(10)30(39)27(32(4,5)6)34-29(38)28(37(11,12)13)33(7,8)24-20-35(9)25-18-16-15-17-23(24)25/h15-21,26-28H,1-14H3/p+1/b22-19+/t26-,27-,28?/m1/s1. The number of aryl methyl sites for hydroxylation is 1. The number of hydrogen-bond acceptors (Lipinski definition) is 4. The maximum Gasteiger partial charge on any atom is 0.333 e. The maximum absolute atomic E-state index is 14.4. The van der Waals surface area contributed by atoms with Crippen LogP contribution >= 0.6 is 0 Å². The number of nitrogens with zero attached hydrogens (tertiary/aromatic N) is 3. The quantitative estimate of drug-likeness (QED) is 0.256. The molecule has 0 aliphatic rings. The highest BCUT2D eigenvalue weighted by molar-refractivity contribution is 5.92. The third-order valence-corrected chi connectivity index (χ3v) is 8.10. The second-order valence-corrected chi connectivity index (χ2v) is 14.2. The minimum atomic E-state index is -0.787. The summed E-state index contributed by atoms with van der Waals surface area (Å²) in [4.78, 5) is 42.2. The monoisotopic (exact) mass is 569 g/mol. The molecule has 41 heavy (non-hydrogen) atoms. The number of para-hydroxylation sites is 1. The molecule has 0 bridgehead atoms. The van der Waals surface area contributed by atoms with Gasteiger partial charge < -0.3 is 24.0 Å². The van der Waals surface area contributed by atoms with Gasteiger partial charge in [0.15, 0.2) is 6.04 Å². The van der Waals surface area contributed by atoms with Crippen molar-refractivity contribution in [1.29, 1.82) is 0 Å². The molecule has 2 amide bonds. The maximum atomic E-state index is 14.4. The first-order valence-electron chi connectivity index (χ1n) is 14.4. The van der Waals surface area contributed by atoms with Crippen LogP contribution in [0.5, 0.6) is 0 Å². The van der Waals surface area contributed by atoms with E-state index in [9.17, 15) is 14.4 Å². The molecule has 1 aromatic carbocycles. The van der Waals surface area contributed by atoms with Gasteiger partial charge in [0.2, 0.25) is 5.91 Å². The minimum absolute atomic E-state index is 0.0316. The Morgan fingerprint density at radius 1 is 1.05 bits per heavy atom. The van der Waals surface area contributed by atoms with Crippen LogP contribution in [-0.4, -0.2) is 85.2 Å². The zero-order valence-electron chi connectivity index (χ0n) is 27.7. The number of hydrogen-bond donors (Lipinski definition) is 1. The number of benzene rings is 1. The van der Waals surface area contributed by atoms with Crippen molar-refractivity contribution in [2.45, 2.75) is 78.9 Å². The van der Waals surface area contributed by atoms with Gasteiger partial charge in [-0.15, -0.1) is 0 Å². The number of carbonyl (C=O) groups is 3. The average Bonchev–Trinajstić information content (AvgIpc) is 3.19. The molecule has 0 saturated carbocycles. The summed E-state index contributed by atoms with van der Waals surface area (Å²) in [6.07, 6.45) is 3.89. The first-order chi connectivity index (χ1) is 18.7. The minimum Gasteiger partial charge on any atom is -0.466 e. The lowest BCUT2D eigenvalue weighted by Crippen LogP contribution is -2.65. The highest BCUT2D eigenvalue weighted by atomic mass is 16.5. The first-order valence-corrected chi connectivity index (χ1v) is 14.4. The molecule has 0 aliphatic carbocycles. The van der Waals surface area contributed by atoms with Gasteiger partial charge in [0, 0.05) is 36.8 Å². The Morgan fingerprint density at radius 3 is 2.10 bits per heavy atom. The van der Waals surface area contributed by atoms with Crippen molar-refractivity contribution in [1.82, 2.24) is 14.8 Å². The van der Waals surface area contributed by atoms with Gasteiger partial charge in [0.25, 0.3) is 5.91 Å². The fourth-order valence-electron chi connectivity index (χ4n) is 6.11. The Morgan fingerprint density at radius 2 is 1.61 bits per heavy atom. The van der Waals surface area contributed by atoms with Gasteiger partial charge in [-0.05, 0) is 43.7 Å². The normalized spacial score (nSPS) is 15.4. The van der Waals surface area contributed by atoms with Crippen molar-refractivity contribution in [2.24, 2.45) is 18.4 Å². The Hall–Kier alpha value is -3.13. The number of aromatic nitrogens is 1. The van der Waals surface area contributed by atoms with E-state index in [0.717, 1.165) is 16.5 Å². The third-order valence-electron chi connectivity index (χ3n) is 8.10. The fraction of sp³-hybridized carbons (Fsp3) is 0.606. The lowest BCUT2D eigenvalue weighted by Gasteiger charge is -2.44. The van der Waals surface area contributed by atoms with Crippen molar-refractivity contribution < 1.29 is 23.6 Å². The van der Waals surface area contributed by atoms with Crippen molar-refractivity contribution in [3.8, 4) is 0 Å². The third kappa shape index (κ3) is 7.39. The van der Waals surface area contributed by atoms with Crippen LogP contribution in [0.15, 0.2) is 42.1 Å². The Bertz CT molecular complexity index is 1290. The van der Waals surface area contributed by atoms with Crippen molar-refractivity contribution in [2.75, 3.05) is 35.3 Å². The molecule has 1 heterocycles. The second-order valence-electron chi connectivity index (χ2n) is 14.2. The number of methoxy groups -OCH3 is 1. The van der Waals surface area contributed by atoms with Crippen LogP contribution in [0.25, 0.3) is 10.9 Å². The number of nitrogens with one attached hydrogen (secondary N) is 1. The molecular weight excluding hydrogens is 516 g/mol. The Kier molecular flexibility index (Phi) is 10.3. The zero-order valence-corrected chi connectivity index (χ0v) is 27.7. The largest absolute Gasteiger partial charge is 0.466 e. The molecule has 0 saturated heterocycles. The fourth-order valence-corrected chi connectivity index (χ4v) is 6.11. The zero-order chi connectivity index (χ0) is 31.7. The summed E-state index contributed by atoms with van der Waals surface area (Å²) in [6, 6.07) is 6.58. The Balaban J connectivity index is 2.54. The molecule has 0 fully saturated rings. The van der Waals surface area contributed by atoms with Crippen LogP contribution in [0.4, 0.5) is 0 Å².